The molecule has 1 aliphatic heterocycles. The maximum Gasteiger partial charge on any atom is 0.236 e. The molecular weight excluding hydrogens is 260 g/mol. The predicted molar refractivity (Wildman–Crippen MR) is 77.2 cm³/mol. The Labute approximate surface area is 118 Å². The number of hydrogen-bond acceptors (Lipinski definition) is 5. The van der Waals surface area contributed by atoms with E-state index in [1.807, 2.05) is 10.3 Å². The molecule has 0 radical (unpaired) electrons. The van der Waals surface area contributed by atoms with Crippen molar-refractivity contribution in [1.82, 2.24) is 20.1 Å². The van der Waals surface area contributed by atoms with Gasteiger partial charge in [0, 0.05) is 37.8 Å². The number of aromatic nitrogens is 1. The Hall–Kier alpha value is -0.980. The highest BCUT2D eigenvalue weighted by molar-refractivity contribution is 7.09. The molecule has 1 aromatic rings. The summed E-state index contributed by atoms with van der Waals surface area (Å²) in [6, 6.07) is 0. The normalized spacial score (nSPS) is 17.7. The number of carbonyl (C=O) groups excluding carboxylic acids is 1. The molecule has 0 unspecified atom stereocenters. The molecule has 0 aliphatic carbocycles. The Morgan fingerprint density at radius 2 is 2.11 bits per heavy atom. The van der Waals surface area contributed by atoms with Crippen molar-refractivity contribution in [3.05, 3.63) is 16.6 Å². The van der Waals surface area contributed by atoms with Crippen LogP contribution in [0.2, 0.25) is 0 Å². The summed E-state index contributed by atoms with van der Waals surface area (Å²) in [4.78, 5) is 20.6. The number of amides is 1. The van der Waals surface area contributed by atoms with Crippen LogP contribution in [0.5, 0.6) is 0 Å². The minimum atomic E-state index is -0.254. The molecule has 6 heteroatoms. The fourth-order valence-electron chi connectivity index (χ4n) is 2.07. The van der Waals surface area contributed by atoms with E-state index >= 15 is 0 Å². The van der Waals surface area contributed by atoms with E-state index in [0.717, 1.165) is 31.2 Å². The number of hydrogen-bond donors (Lipinski definition) is 1. The molecule has 0 aromatic carbocycles. The van der Waals surface area contributed by atoms with Gasteiger partial charge in [0.1, 0.15) is 5.01 Å². The Morgan fingerprint density at radius 1 is 1.42 bits per heavy atom. The Balaban J connectivity index is 1.83. The molecule has 0 saturated carbocycles. The second kappa shape index (κ2) is 5.98. The van der Waals surface area contributed by atoms with Crippen molar-refractivity contribution in [2.75, 3.05) is 39.8 Å². The van der Waals surface area contributed by atoms with Crippen LogP contribution in [0.1, 0.15) is 18.9 Å². The first-order valence-corrected chi connectivity index (χ1v) is 7.48. The lowest BCUT2D eigenvalue weighted by Crippen LogP contribution is -2.51. The molecule has 1 amide bonds. The van der Waals surface area contributed by atoms with Gasteiger partial charge in [-0.3, -0.25) is 10.1 Å². The zero-order valence-corrected chi connectivity index (χ0v) is 12.7. The molecular formula is C13H22N4OS. The molecule has 0 atom stereocenters. The molecule has 1 saturated heterocycles. The van der Waals surface area contributed by atoms with Crippen LogP contribution in [0, 0.1) is 0 Å². The van der Waals surface area contributed by atoms with Crippen molar-refractivity contribution in [3.63, 3.8) is 0 Å². The van der Waals surface area contributed by atoms with Crippen LogP contribution >= 0.6 is 11.3 Å². The summed E-state index contributed by atoms with van der Waals surface area (Å²) in [7, 11) is 2.09. The Kier molecular flexibility index (Phi) is 4.54. The lowest BCUT2D eigenvalue weighted by atomic mass is 10.1. The zero-order chi connectivity index (χ0) is 13.9. The van der Waals surface area contributed by atoms with Crippen LogP contribution < -0.4 is 5.32 Å². The highest BCUT2D eigenvalue weighted by Gasteiger charge is 2.25. The first-order valence-electron chi connectivity index (χ1n) is 6.60. The van der Waals surface area contributed by atoms with Crippen molar-refractivity contribution in [2.45, 2.75) is 19.4 Å². The summed E-state index contributed by atoms with van der Waals surface area (Å²) in [5, 5.41) is 6.28. The minimum absolute atomic E-state index is 0.178. The summed E-state index contributed by atoms with van der Waals surface area (Å²) in [5.74, 6) is 0.178. The van der Waals surface area contributed by atoms with Gasteiger partial charge in [-0.15, -0.1) is 11.3 Å². The maximum absolute atomic E-state index is 12.1. The van der Waals surface area contributed by atoms with Gasteiger partial charge in [0.2, 0.25) is 5.91 Å². The number of rotatable bonds is 4. The Morgan fingerprint density at radius 3 is 2.68 bits per heavy atom. The smallest absolute Gasteiger partial charge is 0.236 e. The van der Waals surface area contributed by atoms with E-state index in [2.05, 4.69) is 36.1 Å². The van der Waals surface area contributed by atoms with Crippen molar-refractivity contribution < 1.29 is 4.79 Å². The van der Waals surface area contributed by atoms with Crippen LogP contribution in [0.3, 0.4) is 0 Å². The quantitative estimate of drug-likeness (QED) is 0.885. The monoisotopic (exact) mass is 282 g/mol. The van der Waals surface area contributed by atoms with Crippen LogP contribution in [0.15, 0.2) is 11.6 Å². The largest absolute Gasteiger partial charge is 0.339 e. The SMILES string of the molecule is CN1CCN(C(=O)CNC(C)(C)c2nccs2)CC1. The molecule has 1 aliphatic rings. The first-order chi connectivity index (χ1) is 8.99. The second-order valence-electron chi connectivity index (χ2n) is 5.50. The molecule has 1 N–H and O–H groups in total. The number of nitrogens with one attached hydrogen (secondary N) is 1. The molecule has 19 heavy (non-hydrogen) atoms. The van der Waals surface area contributed by atoms with E-state index in [-0.39, 0.29) is 11.4 Å². The third-order valence-corrected chi connectivity index (χ3v) is 4.60. The molecule has 1 fully saturated rings. The van der Waals surface area contributed by atoms with Gasteiger partial charge < -0.3 is 9.80 Å². The first kappa shape index (κ1) is 14.4. The third-order valence-electron chi connectivity index (χ3n) is 3.50. The van der Waals surface area contributed by atoms with Gasteiger partial charge in [-0.1, -0.05) is 0 Å². The van der Waals surface area contributed by atoms with E-state index in [0.29, 0.717) is 6.54 Å². The fraction of sp³-hybridized carbons (Fsp3) is 0.692. The summed E-state index contributed by atoms with van der Waals surface area (Å²) < 4.78 is 0. The molecule has 2 heterocycles. The van der Waals surface area contributed by atoms with Gasteiger partial charge in [-0.05, 0) is 20.9 Å². The maximum atomic E-state index is 12.1. The fourth-order valence-corrected chi connectivity index (χ4v) is 2.81. The molecule has 1 aromatic heterocycles. The minimum Gasteiger partial charge on any atom is -0.339 e. The summed E-state index contributed by atoms with van der Waals surface area (Å²) >= 11 is 1.61. The second-order valence-corrected chi connectivity index (χ2v) is 6.39. The highest BCUT2D eigenvalue weighted by atomic mass is 32.1. The molecule has 0 spiro atoms. The molecule has 106 valence electrons. The van der Waals surface area contributed by atoms with Crippen LogP contribution in [-0.2, 0) is 10.3 Å². The van der Waals surface area contributed by atoms with Crippen LogP contribution in [0.4, 0.5) is 0 Å². The number of likely N-dealkylation sites (N-methyl/N-ethyl adjacent to an activating group) is 1. The van der Waals surface area contributed by atoms with Crippen LogP contribution in [0.25, 0.3) is 0 Å². The van der Waals surface area contributed by atoms with E-state index in [1.165, 1.54) is 0 Å². The van der Waals surface area contributed by atoms with Crippen molar-refractivity contribution >= 4 is 17.2 Å². The van der Waals surface area contributed by atoms with Crippen molar-refractivity contribution in [1.29, 1.82) is 0 Å². The lowest BCUT2D eigenvalue weighted by Gasteiger charge is -2.33. The van der Waals surface area contributed by atoms with Gasteiger partial charge in [0.15, 0.2) is 0 Å². The summed E-state index contributed by atoms with van der Waals surface area (Å²) in [6.07, 6.45) is 1.80. The van der Waals surface area contributed by atoms with Crippen molar-refractivity contribution in [2.24, 2.45) is 0 Å². The van der Waals surface area contributed by atoms with Gasteiger partial charge in [-0.25, -0.2) is 4.98 Å². The van der Waals surface area contributed by atoms with Crippen LogP contribution in [-0.4, -0.2) is 60.5 Å². The number of carbonyl (C=O) groups is 1. The van der Waals surface area contributed by atoms with E-state index in [1.54, 1.807) is 17.5 Å². The van der Waals surface area contributed by atoms with Crippen molar-refractivity contribution in [3.8, 4) is 0 Å². The number of thiazole rings is 1. The summed E-state index contributed by atoms with van der Waals surface area (Å²) in [6.45, 7) is 8.06. The Bertz CT molecular complexity index is 410. The number of piperazine rings is 1. The molecule has 2 rings (SSSR count). The van der Waals surface area contributed by atoms with Gasteiger partial charge >= 0.3 is 0 Å². The topological polar surface area (TPSA) is 48.5 Å². The summed E-state index contributed by atoms with van der Waals surface area (Å²) in [5.41, 5.74) is -0.254. The highest BCUT2D eigenvalue weighted by Crippen LogP contribution is 2.21. The zero-order valence-electron chi connectivity index (χ0n) is 11.8. The lowest BCUT2D eigenvalue weighted by molar-refractivity contribution is -0.132. The number of nitrogens with zero attached hydrogens (tertiary/aromatic N) is 3. The third kappa shape index (κ3) is 3.75. The molecule has 5 nitrogen and oxygen atoms in total. The van der Waals surface area contributed by atoms with E-state index < -0.39 is 0 Å². The standard InChI is InChI=1S/C13H22N4OS/c1-13(2,12-14-4-9-19-12)15-10-11(18)17-7-5-16(3)6-8-17/h4,9,15H,5-8,10H2,1-3H3. The average molecular weight is 282 g/mol. The van der Waals surface area contributed by atoms with Gasteiger partial charge in [0.05, 0.1) is 12.1 Å². The van der Waals surface area contributed by atoms with E-state index in [4.69, 9.17) is 0 Å². The van der Waals surface area contributed by atoms with Gasteiger partial charge in [-0.2, -0.15) is 0 Å². The average Bonchev–Trinajstić information content (AvgIpc) is 2.91. The van der Waals surface area contributed by atoms with Gasteiger partial charge in [0.25, 0.3) is 0 Å². The molecule has 0 bridgehead atoms. The van der Waals surface area contributed by atoms with E-state index in [9.17, 15) is 4.79 Å². The predicted octanol–water partition coefficient (Wildman–Crippen LogP) is 0.742.